The Kier molecular flexibility index (Phi) is 3.53. The Labute approximate surface area is 121 Å². The maximum Gasteiger partial charge on any atom is 0.0652 e. The minimum Gasteiger partial charge on any atom is -0.381 e. The number of methoxy groups -OCH3 is 1. The molecule has 2 aromatic rings. The zero-order valence-electron chi connectivity index (χ0n) is 12.5. The molecule has 3 rings (SSSR count). The third-order valence-corrected chi connectivity index (χ3v) is 4.88. The molecule has 0 bridgehead atoms. The van der Waals surface area contributed by atoms with Crippen molar-refractivity contribution in [2.45, 2.75) is 39.0 Å². The highest BCUT2D eigenvalue weighted by Gasteiger charge is 2.48. The van der Waals surface area contributed by atoms with Gasteiger partial charge in [0.1, 0.15) is 0 Å². The van der Waals surface area contributed by atoms with Crippen molar-refractivity contribution in [3.63, 3.8) is 0 Å². The smallest absolute Gasteiger partial charge is 0.0652 e. The molecule has 0 spiro atoms. The SMILES string of the molecule is COC1CC(NCc2cccc3ccccc23)C1(C)C. The molecule has 1 saturated carbocycles. The van der Waals surface area contributed by atoms with E-state index in [0.29, 0.717) is 12.1 Å². The number of hydrogen-bond donors (Lipinski definition) is 1. The fourth-order valence-corrected chi connectivity index (χ4v) is 3.31. The Morgan fingerprint density at radius 1 is 1.15 bits per heavy atom. The van der Waals surface area contributed by atoms with Crippen molar-refractivity contribution in [2.24, 2.45) is 5.41 Å². The Morgan fingerprint density at radius 3 is 2.65 bits per heavy atom. The van der Waals surface area contributed by atoms with E-state index in [0.717, 1.165) is 13.0 Å². The monoisotopic (exact) mass is 269 g/mol. The van der Waals surface area contributed by atoms with Crippen molar-refractivity contribution >= 4 is 10.8 Å². The van der Waals surface area contributed by atoms with Gasteiger partial charge in [-0.25, -0.2) is 0 Å². The molecule has 2 aromatic carbocycles. The van der Waals surface area contributed by atoms with Gasteiger partial charge in [-0.05, 0) is 22.8 Å². The first-order chi connectivity index (χ1) is 9.63. The molecule has 0 aromatic heterocycles. The fourth-order valence-electron chi connectivity index (χ4n) is 3.31. The van der Waals surface area contributed by atoms with E-state index < -0.39 is 0 Å². The molecule has 1 aliphatic rings. The average Bonchev–Trinajstić information content (AvgIpc) is 2.46. The summed E-state index contributed by atoms with van der Waals surface area (Å²) in [6, 6.07) is 15.7. The topological polar surface area (TPSA) is 21.3 Å². The van der Waals surface area contributed by atoms with Crippen LogP contribution < -0.4 is 5.32 Å². The van der Waals surface area contributed by atoms with E-state index in [1.807, 2.05) is 7.11 Å². The van der Waals surface area contributed by atoms with Gasteiger partial charge in [0.05, 0.1) is 6.10 Å². The summed E-state index contributed by atoms with van der Waals surface area (Å²) in [6.07, 6.45) is 1.49. The van der Waals surface area contributed by atoms with Gasteiger partial charge >= 0.3 is 0 Å². The molecular weight excluding hydrogens is 246 g/mol. The molecule has 0 aliphatic heterocycles. The fraction of sp³-hybridized carbons (Fsp3) is 0.444. The van der Waals surface area contributed by atoms with Crippen molar-refractivity contribution < 1.29 is 4.74 Å². The predicted octanol–water partition coefficient (Wildman–Crippen LogP) is 3.74. The molecule has 20 heavy (non-hydrogen) atoms. The van der Waals surface area contributed by atoms with Gasteiger partial charge < -0.3 is 10.1 Å². The van der Waals surface area contributed by atoms with E-state index in [-0.39, 0.29) is 5.41 Å². The van der Waals surface area contributed by atoms with E-state index in [4.69, 9.17) is 4.74 Å². The maximum absolute atomic E-state index is 5.51. The lowest BCUT2D eigenvalue weighted by Crippen LogP contribution is -2.60. The lowest BCUT2D eigenvalue weighted by molar-refractivity contribution is -0.0978. The summed E-state index contributed by atoms with van der Waals surface area (Å²) in [5.74, 6) is 0. The minimum absolute atomic E-state index is 0.222. The molecular formula is C18H23NO. The average molecular weight is 269 g/mol. The van der Waals surface area contributed by atoms with Gasteiger partial charge in [0.2, 0.25) is 0 Å². The third-order valence-electron chi connectivity index (χ3n) is 4.88. The number of fused-ring (bicyclic) bond motifs is 1. The van der Waals surface area contributed by atoms with E-state index in [1.165, 1.54) is 16.3 Å². The molecule has 2 atom stereocenters. The van der Waals surface area contributed by atoms with Crippen molar-refractivity contribution in [3.8, 4) is 0 Å². The van der Waals surface area contributed by atoms with Crippen molar-refractivity contribution in [1.82, 2.24) is 5.32 Å². The van der Waals surface area contributed by atoms with Gasteiger partial charge in [-0.2, -0.15) is 0 Å². The van der Waals surface area contributed by atoms with E-state index in [9.17, 15) is 0 Å². The molecule has 2 heteroatoms. The lowest BCUT2D eigenvalue weighted by Gasteiger charge is -2.51. The second-order valence-electron chi connectivity index (χ2n) is 6.35. The van der Waals surface area contributed by atoms with Gasteiger partial charge in [0, 0.05) is 25.1 Å². The number of hydrogen-bond acceptors (Lipinski definition) is 2. The van der Waals surface area contributed by atoms with Crippen molar-refractivity contribution in [3.05, 3.63) is 48.0 Å². The van der Waals surface area contributed by atoms with Crippen LogP contribution in [-0.4, -0.2) is 19.3 Å². The van der Waals surface area contributed by atoms with Crippen LogP contribution >= 0.6 is 0 Å². The number of ether oxygens (including phenoxy) is 1. The Morgan fingerprint density at radius 2 is 1.90 bits per heavy atom. The number of rotatable bonds is 4. The molecule has 2 unspecified atom stereocenters. The molecule has 1 N–H and O–H groups in total. The van der Waals surface area contributed by atoms with Gasteiger partial charge in [0.15, 0.2) is 0 Å². The summed E-state index contributed by atoms with van der Waals surface area (Å²) in [5.41, 5.74) is 1.60. The summed E-state index contributed by atoms with van der Waals surface area (Å²) in [5, 5.41) is 6.37. The first kappa shape index (κ1) is 13.6. The molecule has 0 heterocycles. The van der Waals surface area contributed by atoms with Gasteiger partial charge in [-0.3, -0.25) is 0 Å². The molecule has 0 amide bonds. The summed E-state index contributed by atoms with van der Waals surface area (Å²) in [7, 11) is 1.81. The molecule has 1 fully saturated rings. The van der Waals surface area contributed by atoms with Gasteiger partial charge in [0.25, 0.3) is 0 Å². The standard InChI is InChI=1S/C18H23NO/c1-18(2)16(11-17(18)20-3)19-12-14-9-6-8-13-7-4-5-10-15(13)14/h4-10,16-17,19H,11-12H2,1-3H3. The molecule has 2 nitrogen and oxygen atoms in total. The van der Waals surface area contributed by atoms with Crippen LogP contribution in [0.1, 0.15) is 25.8 Å². The quantitative estimate of drug-likeness (QED) is 0.913. The predicted molar refractivity (Wildman–Crippen MR) is 83.8 cm³/mol. The highest BCUT2D eigenvalue weighted by molar-refractivity contribution is 5.85. The van der Waals surface area contributed by atoms with Crippen LogP contribution in [0, 0.1) is 5.41 Å². The highest BCUT2D eigenvalue weighted by atomic mass is 16.5. The summed E-state index contributed by atoms with van der Waals surface area (Å²) in [4.78, 5) is 0. The van der Waals surface area contributed by atoms with Crippen LogP contribution in [0.15, 0.2) is 42.5 Å². The normalized spacial score (nSPS) is 24.6. The Bertz CT molecular complexity index is 600. The largest absolute Gasteiger partial charge is 0.381 e. The maximum atomic E-state index is 5.51. The van der Waals surface area contributed by atoms with E-state index in [2.05, 4.69) is 61.6 Å². The summed E-state index contributed by atoms with van der Waals surface area (Å²) in [6.45, 7) is 5.49. The van der Waals surface area contributed by atoms with Crippen LogP contribution in [0.3, 0.4) is 0 Å². The Hall–Kier alpha value is -1.38. The molecule has 0 saturated heterocycles. The second-order valence-corrected chi connectivity index (χ2v) is 6.35. The van der Waals surface area contributed by atoms with Gasteiger partial charge in [-0.15, -0.1) is 0 Å². The number of nitrogens with one attached hydrogen (secondary N) is 1. The first-order valence-corrected chi connectivity index (χ1v) is 7.35. The van der Waals surface area contributed by atoms with Crippen LogP contribution in [0.2, 0.25) is 0 Å². The zero-order chi connectivity index (χ0) is 14.2. The second kappa shape index (κ2) is 5.19. The van der Waals surface area contributed by atoms with Crippen molar-refractivity contribution in [2.75, 3.05) is 7.11 Å². The lowest BCUT2D eigenvalue weighted by atomic mass is 9.64. The van der Waals surface area contributed by atoms with Crippen molar-refractivity contribution in [1.29, 1.82) is 0 Å². The van der Waals surface area contributed by atoms with Crippen LogP contribution in [-0.2, 0) is 11.3 Å². The minimum atomic E-state index is 0.222. The van der Waals surface area contributed by atoms with E-state index in [1.54, 1.807) is 0 Å². The summed E-state index contributed by atoms with van der Waals surface area (Å²) >= 11 is 0. The molecule has 0 radical (unpaired) electrons. The highest BCUT2D eigenvalue weighted by Crippen LogP contribution is 2.42. The molecule has 106 valence electrons. The zero-order valence-corrected chi connectivity index (χ0v) is 12.5. The first-order valence-electron chi connectivity index (χ1n) is 7.35. The van der Waals surface area contributed by atoms with E-state index >= 15 is 0 Å². The van der Waals surface area contributed by atoms with Gasteiger partial charge in [-0.1, -0.05) is 56.3 Å². The molecule has 1 aliphatic carbocycles. The third kappa shape index (κ3) is 2.23. The Balaban J connectivity index is 1.72. The van der Waals surface area contributed by atoms with Crippen LogP contribution in [0.25, 0.3) is 10.8 Å². The number of benzene rings is 2. The van der Waals surface area contributed by atoms with Crippen LogP contribution in [0.5, 0.6) is 0 Å². The van der Waals surface area contributed by atoms with Crippen LogP contribution in [0.4, 0.5) is 0 Å². The summed E-state index contributed by atoms with van der Waals surface area (Å²) < 4.78 is 5.51.